The number of aliphatic hydroxyl groups excluding tert-OH is 3. The molecule has 1 aliphatic rings. The van der Waals surface area contributed by atoms with Gasteiger partial charge in [-0.2, -0.15) is 0 Å². The summed E-state index contributed by atoms with van der Waals surface area (Å²) < 4.78 is 5.01. The van der Waals surface area contributed by atoms with Gasteiger partial charge >= 0.3 is 0 Å². The molecule has 2 unspecified atom stereocenters. The fourth-order valence-electron chi connectivity index (χ4n) is 1.17. The predicted octanol–water partition coefficient (Wildman–Crippen LogP) is -2.57. The Labute approximate surface area is 64.4 Å². The second kappa shape index (κ2) is 3.46. The molecule has 5 nitrogen and oxygen atoms in total. The molecule has 5 heteroatoms. The first-order valence-electron chi connectivity index (χ1n) is 3.53. The molecule has 1 saturated heterocycles. The van der Waals surface area contributed by atoms with Crippen LogP contribution in [0.15, 0.2) is 0 Å². The van der Waals surface area contributed by atoms with Gasteiger partial charge in [-0.25, -0.2) is 0 Å². The lowest BCUT2D eigenvalue weighted by Crippen LogP contribution is -2.36. The molecule has 1 heterocycles. The quantitative estimate of drug-likeness (QED) is 0.359. The van der Waals surface area contributed by atoms with Crippen LogP contribution in [0.3, 0.4) is 0 Å². The van der Waals surface area contributed by atoms with Crippen LogP contribution in [-0.4, -0.2) is 52.9 Å². The molecular weight excluding hydrogens is 150 g/mol. The standard InChI is InChI=1S/C6H13NO4/c7-1-3-5(9)6(10)4(2-8)11-3/h3-6,8-10H,1-2,7H2/t3?,4?,5-,6-/m1/s1. The van der Waals surface area contributed by atoms with E-state index in [0.717, 1.165) is 0 Å². The van der Waals surface area contributed by atoms with Crippen molar-refractivity contribution in [1.82, 2.24) is 0 Å². The van der Waals surface area contributed by atoms with Crippen molar-refractivity contribution in [2.24, 2.45) is 5.73 Å². The Balaban J connectivity index is 2.53. The molecule has 66 valence electrons. The number of nitrogens with two attached hydrogens (primary N) is 1. The molecule has 0 aliphatic carbocycles. The lowest BCUT2D eigenvalue weighted by Gasteiger charge is -2.11. The molecule has 0 bridgehead atoms. The minimum absolute atomic E-state index is 0.148. The van der Waals surface area contributed by atoms with Gasteiger partial charge in [0.1, 0.15) is 18.3 Å². The first-order chi connectivity index (χ1) is 5.20. The molecule has 0 aromatic carbocycles. The Hall–Kier alpha value is -0.200. The van der Waals surface area contributed by atoms with Crippen molar-refractivity contribution in [3.8, 4) is 0 Å². The van der Waals surface area contributed by atoms with E-state index in [4.69, 9.17) is 20.7 Å². The molecule has 1 rings (SSSR count). The highest BCUT2D eigenvalue weighted by Gasteiger charge is 2.41. The molecule has 0 spiro atoms. The van der Waals surface area contributed by atoms with Gasteiger partial charge in [-0.3, -0.25) is 0 Å². The smallest absolute Gasteiger partial charge is 0.111 e. The maximum Gasteiger partial charge on any atom is 0.111 e. The van der Waals surface area contributed by atoms with Gasteiger partial charge in [0.2, 0.25) is 0 Å². The number of aliphatic hydroxyl groups is 3. The summed E-state index contributed by atoms with van der Waals surface area (Å²) in [4.78, 5) is 0. The van der Waals surface area contributed by atoms with Crippen LogP contribution in [0, 0.1) is 0 Å². The maximum atomic E-state index is 9.19. The Morgan fingerprint density at radius 2 is 1.73 bits per heavy atom. The van der Waals surface area contributed by atoms with Gasteiger partial charge in [-0.1, -0.05) is 0 Å². The van der Waals surface area contributed by atoms with Crippen LogP contribution in [0.25, 0.3) is 0 Å². The van der Waals surface area contributed by atoms with E-state index in [1.807, 2.05) is 0 Å². The number of hydrogen-bond donors (Lipinski definition) is 4. The third kappa shape index (κ3) is 1.52. The van der Waals surface area contributed by atoms with Crippen molar-refractivity contribution in [1.29, 1.82) is 0 Å². The van der Waals surface area contributed by atoms with Crippen molar-refractivity contribution < 1.29 is 20.1 Å². The molecule has 1 fully saturated rings. The zero-order valence-electron chi connectivity index (χ0n) is 6.05. The highest BCUT2D eigenvalue weighted by molar-refractivity contribution is 4.90. The normalized spacial score (nSPS) is 44.7. The lowest BCUT2D eigenvalue weighted by atomic mass is 10.1. The first kappa shape index (κ1) is 8.89. The van der Waals surface area contributed by atoms with Gasteiger partial charge in [0, 0.05) is 6.54 Å². The molecule has 0 saturated carbocycles. The van der Waals surface area contributed by atoms with Crippen molar-refractivity contribution in [3.05, 3.63) is 0 Å². The zero-order valence-corrected chi connectivity index (χ0v) is 6.05. The lowest BCUT2D eigenvalue weighted by molar-refractivity contribution is -0.0193. The minimum atomic E-state index is -1.02. The third-order valence-electron chi connectivity index (χ3n) is 1.87. The van der Waals surface area contributed by atoms with Crippen LogP contribution in [0.2, 0.25) is 0 Å². The summed E-state index contributed by atoms with van der Waals surface area (Å²) >= 11 is 0. The second-order valence-electron chi connectivity index (χ2n) is 2.61. The molecule has 1 aliphatic heterocycles. The largest absolute Gasteiger partial charge is 0.394 e. The number of rotatable bonds is 2. The molecular formula is C6H13NO4. The van der Waals surface area contributed by atoms with Gasteiger partial charge in [-0.15, -0.1) is 0 Å². The topological polar surface area (TPSA) is 95.9 Å². The highest BCUT2D eigenvalue weighted by atomic mass is 16.6. The Morgan fingerprint density at radius 1 is 1.18 bits per heavy atom. The maximum absolute atomic E-state index is 9.19. The van der Waals surface area contributed by atoms with Gasteiger partial charge in [0.05, 0.1) is 12.7 Å². The van der Waals surface area contributed by atoms with E-state index in [2.05, 4.69) is 0 Å². The summed E-state index contributed by atoms with van der Waals surface area (Å²) in [7, 11) is 0. The van der Waals surface area contributed by atoms with E-state index in [1.54, 1.807) is 0 Å². The van der Waals surface area contributed by atoms with Gasteiger partial charge in [0.15, 0.2) is 0 Å². The summed E-state index contributed by atoms with van der Waals surface area (Å²) in [5.74, 6) is 0. The Bertz CT molecular complexity index is 114. The van der Waals surface area contributed by atoms with Crippen molar-refractivity contribution in [3.63, 3.8) is 0 Å². The number of ether oxygens (including phenoxy) is 1. The molecule has 0 amide bonds. The molecule has 0 aromatic rings. The van der Waals surface area contributed by atoms with Gasteiger partial charge in [0.25, 0.3) is 0 Å². The van der Waals surface area contributed by atoms with Crippen LogP contribution in [0.1, 0.15) is 0 Å². The van der Waals surface area contributed by atoms with E-state index >= 15 is 0 Å². The fourth-order valence-corrected chi connectivity index (χ4v) is 1.17. The highest BCUT2D eigenvalue weighted by Crippen LogP contribution is 2.19. The first-order valence-corrected chi connectivity index (χ1v) is 3.53. The second-order valence-corrected chi connectivity index (χ2v) is 2.61. The third-order valence-corrected chi connectivity index (χ3v) is 1.87. The van der Waals surface area contributed by atoms with Crippen LogP contribution >= 0.6 is 0 Å². The van der Waals surface area contributed by atoms with E-state index in [1.165, 1.54) is 0 Å². The summed E-state index contributed by atoms with van der Waals surface area (Å²) in [6, 6.07) is 0. The molecule has 5 N–H and O–H groups in total. The SMILES string of the molecule is NCC1OC(CO)[C@@H](O)[C@@H]1O. The molecule has 0 aromatic heterocycles. The van der Waals surface area contributed by atoms with Crippen LogP contribution < -0.4 is 5.73 Å². The Kier molecular flexibility index (Phi) is 2.80. The average Bonchev–Trinajstić information content (AvgIpc) is 2.30. The van der Waals surface area contributed by atoms with Crippen molar-refractivity contribution in [2.75, 3.05) is 13.2 Å². The van der Waals surface area contributed by atoms with Crippen molar-refractivity contribution in [2.45, 2.75) is 24.4 Å². The van der Waals surface area contributed by atoms with Crippen LogP contribution in [0.4, 0.5) is 0 Å². The van der Waals surface area contributed by atoms with Crippen LogP contribution in [-0.2, 0) is 4.74 Å². The molecule has 4 atom stereocenters. The molecule has 11 heavy (non-hydrogen) atoms. The van der Waals surface area contributed by atoms with Crippen LogP contribution in [0.5, 0.6) is 0 Å². The van der Waals surface area contributed by atoms with E-state index in [9.17, 15) is 5.11 Å². The summed E-state index contributed by atoms with van der Waals surface area (Å²) in [5.41, 5.74) is 5.23. The number of hydrogen-bond acceptors (Lipinski definition) is 5. The van der Waals surface area contributed by atoms with E-state index in [0.29, 0.717) is 0 Å². The summed E-state index contributed by atoms with van der Waals surface area (Å²) in [6.45, 7) is -0.149. The average molecular weight is 163 g/mol. The van der Waals surface area contributed by atoms with E-state index in [-0.39, 0.29) is 13.2 Å². The summed E-state index contributed by atoms with van der Waals surface area (Å²) in [5, 5.41) is 27.0. The Morgan fingerprint density at radius 3 is 2.00 bits per heavy atom. The zero-order chi connectivity index (χ0) is 8.43. The molecule has 0 radical (unpaired) electrons. The summed E-state index contributed by atoms with van der Waals surface area (Å²) in [6.07, 6.45) is -3.24. The monoisotopic (exact) mass is 163 g/mol. The van der Waals surface area contributed by atoms with Gasteiger partial charge in [-0.05, 0) is 0 Å². The fraction of sp³-hybridized carbons (Fsp3) is 1.00. The van der Waals surface area contributed by atoms with Crippen molar-refractivity contribution >= 4 is 0 Å². The predicted molar refractivity (Wildman–Crippen MR) is 36.8 cm³/mol. The minimum Gasteiger partial charge on any atom is -0.394 e. The van der Waals surface area contributed by atoms with Gasteiger partial charge < -0.3 is 25.8 Å². The van der Waals surface area contributed by atoms with E-state index < -0.39 is 24.4 Å².